The number of carbonyl (C=O) groups excluding carboxylic acids is 2. The molecule has 1 heterocycles. The van der Waals surface area contributed by atoms with Gasteiger partial charge in [-0.2, -0.15) is 0 Å². The van der Waals surface area contributed by atoms with E-state index in [1.54, 1.807) is 0 Å². The third-order valence-corrected chi connectivity index (χ3v) is 3.36. The van der Waals surface area contributed by atoms with Gasteiger partial charge in [0, 0.05) is 6.42 Å². The minimum absolute atomic E-state index is 0. The highest BCUT2D eigenvalue weighted by molar-refractivity contribution is 6.09. The lowest BCUT2D eigenvalue weighted by Gasteiger charge is -2.24. The van der Waals surface area contributed by atoms with Crippen LogP contribution in [0.3, 0.4) is 0 Å². The molecule has 0 radical (unpaired) electrons. The van der Waals surface area contributed by atoms with Crippen molar-refractivity contribution in [3.63, 3.8) is 0 Å². The Balaban J connectivity index is 0.00000128. The number of carboxylic acids is 1. The SMILES string of the molecule is COC(=O)C12CCC(C(=O)O)(C1)NC2=O.Cl. The number of piperidine rings is 1. The van der Waals surface area contributed by atoms with E-state index in [9.17, 15) is 14.4 Å². The van der Waals surface area contributed by atoms with E-state index in [1.807, 2.05) is 0 Å². The van der Waals surface area contributed by atoms with E-state index < -0.39 is 28.8 Å². The van der Waals surface area contributed by atoms with Crippen molar-refractivity contribution in [3.8, 4) is 0 Å². The van der Waals surface area contributed by atoms with Crippen LogP contribution >= 0.6 is 12.4 Å². The summed E-state index contributed by atoms with van der Waals surface area (Å²) in [6.45, 7) is 0. The van der Waals surface area contributed by atoms with Gasteiger partial charge in [-0.25, -0.2) is 4.79 Å². The lowest BCUT2D eigenvalue weighted by molar-refractivity contribution is -0.157. The van der Waals surface area contributed by atoms with Gasteiger partial charge in [-0.15, -0.1) is 12.4 Å². The predicted molar refractivity (Wildman–Crippen MR) is 54.1 cm³/mol. The van der Waals surface area contributed by atoms with Gasteiger partial charge in [0.2, 0.25) is 5.91 Å². The standard InChI is InChI=1S/C9H11NO5.ClH/c1-15-7(14)8-2-3-9(4-8,6(12)13)10-5(8)11;/h2-4H2,1H3,(H,10,11)(H,12,13);1H. The molecule has 2 rings (SSSR count). The van der Waals surface area contributed by atoms with Gasteiger partial charge in [0.25, 0.3) is 0 Å². The number of fused-ring (bicyclic) bond motifs is 2. The highest BCUT2D eigenvalue weighted by Gasteiger charge is 2.67. The molecular formula is C9H12ClNO5. The lowest BCUT2D eigenvalue weighted by Crippen LogP contribution is -2.51. The second-order valence-corrected chi connectivity index (χ2v) is 4.09. The molecule has 2 atom stereocenters. The van der Waals surface area contributed by atoms with Crippen molar-refractivity contribution in [2.75, 3.05) is 7.11 Å². The number of carboxylic acid groups (broad SMARTS) is 1. The van der Waals surface area contributed by atoms with Crippen LogP contribution in [-0.2, 0) is 19.1 Å². The summed E-state index contributed by atoms with van der Waals surface area (Å²) in [6, 6.07) is 0. The summed E-state index contributed by atoms with van der Waals surface area (Å²) in [5, 5.41) is 11.4. The van der Waals surface area contributed by atoms with Crippen LogP contribution in [0.4, 0.5) is 0 Å². The van der Waals surface area contributed by atoms with Gasteiger partial charge in [-0.1, -0.05) is 0 Å². The Morgan fingerprint density at radius 2 is 2.06 bits per heavy atom. The first kappa shape index (κ1) is 12.8. The fourth-order valence-electron chi connectivity index (χ4n) is 2.45. The Kier molecular flexibility index (Phi) is 2.89. The van der Waals surface area contributed by atoms with Gasteiger partial charge in [-0.05, 0) is 12.8 Å². The third-order valence-electron chi connectivity index (χ3n) is 3.36. The molecule has 2 N–H and O–H groups in total. The summed E-state index contributed by atoms with van der Waals surface area (Å²) in [6.07, 6.45) is 0.530. The molecule has 1 aliphatic carbocycles. The first-order valence-electron chi connectivity index (χ1n) is 4.61. The number of hydrogen-bond acceptors (Lipinski definition) is 4. The Bertz CT molecular complexity index is 371. The second-order valence-electron chi connectivity index (χ2n) is 4.09. The van der Waals surface area contributed by atoms with Crippen LogP contribution in [0.25, 0.3) is 0 Å². The van der Waals surface area contributed by atoms with Crippen LogP contribution in [0.2, 0.25) is 0 Å². The Morgan fingerprint density at radius 3 is 2.44 bits per heavy atom. The van der Waals surface area contributed by atoms with E-state index in [1.165, 1.54) is 7.11 Å². The molecule has 2 fully saturated rings. The summed E-state index contributed by atoms with van der Waals surface area (Å²) < 4.78 is 4.56. The zero-order valence-corrected chi connectivity index (χ0v) is 9.43. The van der Waals surface area contributed by atoms with E-state index in [-0.39, 0.29) is 31.7 Å². The molecular weight excluding hydrogens is 238 g/mol. The van der Waals surface area contributed by atoms with Crippen molar-refractivity contribution in [2.24, 2.45) is 5.41 Å². The number of aliphatic carboxylic acids is 1. The van der Waals surface area contributed by atoms with Crippen molar-refractivity contribution >= 4 is 30.3 Å². The fourth-order valence-corrected chi connectivity index (χ4v) is 2.45. The number of ether oxygens (including phenoxy) is 1. The van der Waals surface area contributed by atoms with Gasteiger partial charge < -0.3 is 15.2 Å². The van der Waals surface area contributed by atoms with Crippen LogP contribution in [0.5, 0.6) is 0 Å². The average Bonchev–Trinajstić information content (AvgIpc) is 2.71. The molecule has 0 aromatic carbocycles. The van der Waals surface area contributed by atoms with E-state index >= 15 is 0 Å². The van der Waals surface area contributed by atoms with Crippen molar-refractivity contribution in [1.29, 1.82) is 0 Å². The molecule has 0 aromatic rings. The predicted octanol–water partition coefficient (Wildman–Crippen LogP) is -0.295. The topological polar surface area (TPSA) is 92.7 Å². The monoisotopic (exact) mass is 249 g/mol. The second kappa shape index (κ2) is 3.62. The molecule has 0 spiro atoms. The molecule has 1 saturated heterocycles. The number of hydrogen-bond donors (Lipinski definition) is 2. The maximum absolute atomic E-state index is 11.6. The van der Waals surface area contributed by atoms with Crippen LogP contribution < -0.4 is 5.32 Å². The van der Waals surface area contributed by atoms with Crippen LogP contribution in [0, 0.1) is 5.41 Å². The molecule has 6 nitrogen and oxygen atoms in total. The number of nitrogens with one attached hydrogen (secondary N) is 1. The first-order chi connectivity index (χ1) is 6.97. The zero-order valence-electron chi connectivity index (χ0n) is 8.61. The van der Waals surface area contributed by atoms with E-state index in [4.69, 9.17) is 5.11 Å². The van der Waals surface area contributed by atoms with Crippen molar-refractivity contribution in [1.82, 2.24) is 5.32 Å². The van der Waals surface area contributed by atoms with Crippen molar-refractivity contribution in [2.45, 2.75) is 24.8 Å². The molecule has 1 saturated carbocycles. The molecule has 1 aliphatic heterocycles. The van der Waals surface area contributed by atoms with E-state index in [0.29, 0.717) is 0 Å². The molecule has 2 aliphatic rings. The summed E-state index contributed by atoms with van der Waals surface area (Å²) >= 11 is 0. The van der Waals surface area contributed by atoms with E-state index in [0.717, 1.165) is 0 Å². The van der Waals surface area contributed by atoms with Crippen LogP contribution in [-0.4, -0.2) is 35.6 Å². The van der Waals surface area contributed by atoms with Gasteiger partial charge in [0.15, 0.2) is 0 Å². The molecule has 2 bridgehead atoms. The number of rotatable bonds is 2. The highest BCUT2D eigenvalue weighted by Crippen LogP contribution is 2.50. The quantitative estimate of drug-likeness (QED) is 0.518. The minimum Gasteiger partial charge on any atom is -0.480 e. The average molecular weight is 250 g/mol. The van der Waals surface area contributed by atoms with Gasteiger partial charge in [0.1, 0.15) is 11.0 Å². The Morgan fingerprint density at radius 1 is 1.44 bits per heavy atom. The molecule has 0 aromatic heterocycles. The number of amides is 1. The molecule has 7 heteroatoms. The van der Waals surface area contributed by atoms with Crippen molar-refractivity contribution < 1.29 is 24.2 Å². The molecule has 90 valence electrons. The number of halogens is 1. The Hall–Kier alpha value is -1.30. The summed E-state index contributed by atoms with van der Waals surface area (Å²) in [7, 11) is 1.20. The highest BCUT2D eigenvalue weighted by atomic mass is 35.5. The minimum atomic E-state index is -1.27. The number of esters is 1. The first-order valence-corrected chi connectivity index (χ1v) is 4.61. The normalized spacial score (nSPS) is 35.2. The van der Waals surface area contributed by atoms with Crippen LogP contribution in [0.1, 0.15) is 19.3 Å². The van der Waals surface area contributed by atoms with Gasteiger partial charge in [0.05, 0.1) is 7.11 Å². The maximum atomic E-state index is 11.6. The summed E-state index contributed by atoms with van der Waals surface area (Å²) in [4.78, 5) is 34.1. The zero-order chi connectivity index (χ0) is 11.3. The number of carbonyl (C=O) groups is 3. The third kappa shape index (κ3) is 1.29. The van der Waals surface area contributed by atoms with Gasteiger partial charge >= 0.3 is 11.9 Å². The summed E-state index contributed by atoms with van der Waals surface area (Å²) in [5.41, 5.74) is -2.53. The smallest absolute Gasteiger partial charge is 0.329 e. The molecule has 1 amide bonds. The number of methoxy groups -OCH3 is 1. The summed E-state index contributed by atoms with van der Waals surface area (Å²) in [5.74, 6) is -2.25. The van der Waals surface area contributed by atoms with Gasteiger partial charge in [-0.3, -0.25) is 9.59 Å². The molecule has 2 unspecified atom stereocenters. The Labute approximate surface area is 97.7 Å². The molecule has 16 heavy (non-hydrogen) atoms. The maximum Gasteiger partial charge on any atom is 0.329 e. The lowest BCUT2D eigenvalue weighted by atomic mass is 9.86. The van der Waals surface area contributed by atoms with E-state index in [2.05, 4.69) is 10.1 Å². The fraction of sp³-hybridized carbons (Fsp3) is 0.667. The van der Waals surface area contributed by atoms with Crippen LogP contribution in [0.15, 0.2) is 0 Å². The largest absolute Gasteiger partial charge is 0.480 e. The van der Waals surface area contributed by atoms with Crippen molar-refractivity contribution in [3.05, 3.63) is 0 Å².